The first-order valence-corrected chi connectivity index (χ1v) is 8.88. The molecule has 128 valence electrons. The van der Waals surface area contributed by atoms with Crippen molar-refractivity contribution < 1.29 is 4.74 Å². The molecular weight excluding hydrogens is 300 g/mol. The molecule has 1 fully saturated rings. The van der Waals surface area contributed by atoms with Crippen molar-refractivity contribution >= 4 is 5.82 Å². The van der Waals surface area contributed by atoms with E-state index in [9.17, 15) is 0 Å². The molecule has 0 aliphatic carbocycles. The van der Waals surface area contributed by atoms with E-state index in [0.717, 1.165) is 48.9 Å². The first kappa shape index (κ1) is 16.7. The number of rotatable bonds is 8. The first-order chi connectivity index (χ1) is 11.8. The van der Waals surface area contributed by atoms with Crippen LogP contribution in [0.15, 0.2) is 36.4 Å². The predicted molar refractivity (Wildman–Crippen MR) is 97.4 cm³/mol. The van der Waals surface area contributed by atoms with E-state index in [-0.39, 0.29) is 0 Å². The zero-order valence-corrected chi connectivity index (χ0v) is 14.4. The molecule has 5 heteroatoms. The second kappa shape index (κ2) is 8.64. The summed E-state index contributed by atoms with van der Waals surface area (Å²) in [5, 5.41) is 11.6. The van der Waals surface area contributed by atoms with Gasteiger partial charge in [-0.25, -0.2) is 0 Å². The van der Waals surface area contributed by atoms with E-state index in [4.69, 9.17) is 4.74 Å². The smallest absolute Gasteiger partial charge is 0.148 e. The van der Waals surface area contributed by atoms with Crippen molar-refractivity contribution in [2.75, 3.05) is 38.1 Å². The van der Waals surface area contributed by atoms with E-state index >= 15 is 0 Å². The number of aromatic nitrogens is 2. The summed E-state index contributed by atoms with van der Waals surface area (Å²) in [6, 6.07) is 12.0. The summed E-state index contributed by atoms with van der Waals surface area (Å²) in [4.78, 5) is 2.52. The Labute approximate surface area is 144 Å². The van der Waals surface area contributed by atoms with Crippen molar-refractivity contribution in [2.24, 2.45) is 0 Å². The fourth-order valence-electron chi connectivity index (χ4n) is 2.97. The lowest BCUT2D eigenvalue weighted by Crippen LogP contribution is -2.21. The molecule has 2 aromatic rings. The second-order valence-corrected chi connectivity index (χ2v) is 6.11. The highest BCUT2D eigenvalue weighted by atomic mass is 16.5. The molecule has 1 N–H and O–H groups in total. The van der Waals surface area contributed by atoms with E-state index in [1.807, 2.05) is 43.3 Å². The molecule has 1 aliphatic heterocycles. The highest BCUT2D eigenvalue weighted by Crippen LogP contribution is 2.21. The van der Waals surface area contributed by atoms with Gasteiger partial charge in [0.05, 0.1) is 12.3 Å². The number of hydrogen-bond acceptors (Lipinski definition) is 5. The number of likely N-dealkylation sites (tertiary alicyclic amines) is 1. The lowest BCUT2D eigenvalue weighted by atomic mass is 10.1. The normalized spacial score (nSPS) is 14.7. The van der Waals surface area contributed by atoms with Crippen molar-refractivity contribution in [3.63, 3.8) is 0 Å². The summed E-state index contributed by atoms with van der Waals surface area (Å²) in [6.07, 6.45) is 3.78. The number of hydrogen-bond donors (Lipinski definition) is 1. The topological polar surface area (TPSA) is 50.3 Å². The maximum absolute atomic E-state index is 5.84. The SMILES string of the molecule is CCNc1ccc(-c2ccc(OCCCN3CCCC3)cc2)nn1. The maximum atomic E-state index is 5.84. The van der Waals surface area contributed by atoms with Gasteiger partial charge in [0, 0.05) is 18.7 Å². The quantitative estimate of drug-likeness (QED) is 0.753. The Kier molecular flexibility index (Phi) is 6.01. The van der Waals surface area contributed by atoms with Gasteiger partial charge in [-0.15, -0.1) is 10.2 Å². The van der Waals surface area contributed by atoms with Gasteiger partial charge in [-0.2, -0.15) is 0 Å². The lowest BCUT2D eigenvalue weighted by Gasteiger charge is -2.14. The fourth-order valence-corrected chi connectivity index (χ4v) is 2.97. The Hall–Kier alpha value is -2.14. The number of nitrogens with one attached hydrogen (secondary N) is 1. The number of benzene rings is 1. The average molecular weight is 326 g/mol. The van der Waals surface area contributed by atoms with E-state index < -0.39 is 0 Å². The highest BCUT2D eigenvalue weighted by Gasteiger charge is 2.10. The minimum absolute atomic E-state index is 0.771. The molecule has 3 rings (SSSR count). The molecule has 24 heavy (non-hydrogen) atoms. The van der Waals surface area contributed by atoms with Crippen molar-refractivity contribution in [3.05, 3.63) is 36.4 Å². The van der Waals surface area contributed by atoms with Crippen LogP contribution in [0.25, 0.3) is 11.3 Å². The molecule has 1 aliphatic rings. The molecule has 2 heterocycles. The van der Waals surface area contributed by atoms with E-state index in [1.165, 1.54) is 25.9 Å². The third-order valence-electron chi connectivity index (χ3n) is 4.26. The highest BCUT2D eigenvalue weighted by molar-refractivity contribution is 5.60. The predicted octanol–water partition coefficient (Wildman–Crippen LogP) is 3.44. The summed E-state index contributed by atoms with van der Waals surface area (Å²) in [5.41, 5.74) is 1.92. The van der Waals surface area contributed by atoms with Crippen LogP contribution in [-0.4, -0.2) is 47.9 Å². The van der Waals surface area contributed by atoms with Gasteiger partial charge in [-0.1, -0.05) is 0 Å². The lowest BCUT2D eigenvalue weighted by molar-refractivity contribution is 0.263. The molecule has 0 saturated carbocycles. The number of nitrogens with zero attached hydrogens (tertiary/aromatic N) is 3. The number of anilines is 1. The maximum Gasteiger partial charge on any atom is 0.148 e. The first-order valence-electron chi connectivity index (χ1n) is 8.88. The van der Waals surface area contributed by atoms with Gasteiger partial charge in [-0.3, -0.25) is 0 Å². The minimum Gasteiger partial charge on any atom is -0.494 e. The van der Waals surface area contributed by atoms with Crippen LogP contribution in [0, 0.1) is 0 Å². The second-order valence-electron chi connectivity index (χ2n) is 6.11. The van der Waals surface area contributed by atoms with Crippen LogP contribution in [-0.2, 0) is 0 Å². The van der Waals surface area contributed by atoms with Gasteiger partial charge >= 0.3 is 0 Å². The van der Waals surface area contributed by atoms with Crippen LogP contribution < -0.4 is 10.1 Å². The van der Waals surface area contributed by atoms with Gasteiger partial charge in [0.1, 0.15) is 11.6 Å². The van der Waals surface area contributed by atoms with Crippen LogP contribution in [0.1, 0.15) is 26.2 Å². The molecule has 0 atom stereocenters. The largest absolute Gasteiger partial charge is 0.494 e. The van der Waals surface area contributed by atoms with Crippen molar-refractivity contribution in [2.45, 2.75) is 26.2 Å². The molecule has 1 aromatic carbocycles. The van der Waals surface area contributed by atoms with E-state index in [1.54, 1.807) is 0 Å². The molecule has 0 amide bonds. The van der Waals surface area contributed by atoms with Crippen molar-refractivity contribution in [3.8, 4) is 17.0 Å². The molecule has 0 bridgehead atoms. The van der Waals surface area contributed by atoms with Gasteiger partial charge in [0.2, 0.25) is 0 Å². The van der Waals surface area contributed by atoms with Crippen molar-refractivity contribution in [1.29, 1.82) is 0 Å². The van der Waals surface area contributed by atoms with Crippen LogP contribution in [0.4, 0.5) is 5.82 Å². The summed E-state index contributed by atoms with van der Waals surface area (Å²) < 4.78 is 5.84. The zero-order valence-electron chi connectivity index (χ0n) is 14.4. The standard InChI is InChI=1S/C19H26N4O/c1-2-20-19-11-10-18(21-22-19)16-6-8-17(9-7-16)24-15-5-14-23-12-3-4-13-23/h6-11H,2-5,12-15H2,1H3,(H,20,22). The fraction of sp³-hybridized carbons (Fsp3) is 0.474. The molecular formula is C19H26N4O. The van der Waals surface area contributed by atoms with Crippen LogP contribution >= 0.6 is 0 Å². The molecule has 1 aromatic heterocycles. The van der Waals surface area contributed by atoms with Gasteiger partial charge in [0.15, 0.2) is 0 Å². The molecule has 1 saturated heterocycles. The van der Waals surface area contributed by atoms with Crippen molar-refractivity contribution in [1.82, 2.24) is 15.1 Å². The van der Waals surface area contributed by atoms with E-state index in [2.05, 4.69) is 20.4 Å². The molecule has 0 radical (unpaired) electrons. The third-order valence-corrected chi connectivity index (χ3v) is 4.26. The van der Waals surface area contributed by atoms with Crippen LogP contribution in [0.2, 0.25) is 0 Å². The molecule has 0 unspecified atom stereocenters. The Morgan fingerprint density at radius 2 is 1.83 bits per heavy atom. The Balaban J connectivity index is 1.47. The summed E-state index contributed by atoms with van der Waals surface area (Å²) in [5.74, 6) is 1.72. The molecule has 5 nitrogen and oxygen atoms in total. The molecule has 0 spiro atoms. The average Bonchev–Trinajstić information content (AvgIpc) is 3.14. The third kappa shape index (κ3) is 4.68. The van der Waals surface area contributed by atoms with Crippen LogP contribution in [0.5, 0.6) is 5.75 Å². The van der Waals surface area contributed by atoms with Crippen LogP contribution in [0.3, 0.4) is 0 Å². The Bertz CT molecular complexity index is 606. The monoisotopic (exact) mass is 326 g/mol. The zero-order chi connectivity index (χ0) is 16.6. The van der Waals surface area contributed by atoms with Gasteiger partial charge < -0.3 is 15.0 Å². The summed E-state index contributed by atoms with van der Waals surface area (Å²) >= 11 is 0. The van der Waals surface area contributed by atoms with Gasteiger partial charge in [0.25, 0.3) is 0 Å². The Morgan fingerprint density at radius 1 is 1.04 bits per heavy atom. The summed E-state index contributed by atoms with van der Waals surface area (Å²) in [7, 11) is 0. The number of ether oxygens (including phenoxy) is 1. The van der Waals surface area contributed by atoms with E-state index in [0.29, 0.717) is 0 Å². The van der Waals surface area contributed by atoms with Gasteiger partial charge in [-0.05, 0) is 75.7 Å². The Morgan fingerprint density at radius 3 is 2.50 bits per heavy atom. The minimum atomic E-state index is 0.771. The summed E-state index contributed by atoms with van der Waals surface area (Å²) in [6.45, 7) is 7.31.